The molecule has 0 saturated heterocycles. The van der Waals surface area contributed by atoms with Crippen LogP contribution in [-0.2, 0) is 6.54 Å². The van der Waals surface area contributed by atoms with Gasteiger partial charge in [-0.2, -0.15) is 15.0 Å². The van der Waals surface area contributed by atoms with Crippen molar-refractivity contribution in [3.63, 3.8) is 0 Å². The van der Waals surface area contributed by atoms with Crippen molar-refractivity contribution >= 4 is 11.0 Å². The summed E-state index contributed by atoms with van der Waals surface area (Å²) >= 11 is 0. The maximum absolute atomic E-state index is 4.44. The Morgan fingerprint density at radius 1 is 1.10 bits per heavy atom. The van der Waals surface area contributed by atoms with Crippen molar-refractivity contribution in [2.24, 2.45) is 0 Å². The van der Waals surface area contributed by atoms with Crippen molar-refractivity contribution in [2.75, 3.05) is 0 Å². The Hall–Kier alpha value is -2.67. The Labute approximate surface area is 117 Å². The SMILES string of the molecule is Cc1ccc2nn(CCC#Cc3ccccn3)nc2c1. The van der Waals surface area contributed by atoms with Crippen LogP contribution in [0, 0.1) is 18.8 Å². The van der Waals surface area contributed by atoms with Gasteiger partial charge in [-0.05, 0) is 42.7 Å². The predicted molar refractivity (Wildman–Crippen MR) is 78.0 cm³/mol. The van der Waals surface area contributed by atoms with Gasteiger partial charge in [0.05, 0.1) is 6.54 Å². The third-order valence-corrected chi connectivity index (χ3v) is 2.90. The van der Waals surface area contributed by atoms with Crippen molar-refractivity contribution in [1.29, 1.82) is 0 Å². The summed E-state index contributed by atoms with van der Waals surface area (Å²) in [6.45, 7) is 2.74. The Balaban J connectivity index is 1.67. The van der Waals surface area contributed by atoms with E-state index in [-0.39, 0.29) is 0 Å². The van der Waals surface area contributed by atoms with E-state index in [0.29, 0.717) is 13.0 Å². The van der Waals surface area contributed by atoms with Crippen LogP contribution >= 0.6 is 0 Å². The topological polar surface area (TPSA) is 43.6 Å². The van der Waals surface area contributed by atoms with Crippen molar-refractivity contribution in [3.05, 3.63) is 53.9 Å². The van der Waals surface area contributed by atoms with Crippen LogP contribution in [0.1, 0.15) is 17.7 Å². The molecule has 0 N–H and O–H groups in total. The average molecular weight is 262 g/mol. The number of benzene rings is 1. The molecule has 0 radical (unpaired) electrons. The maximum atomic E-state index is 4.44. The van der Waals surface area contributed by atoms with Crippen LogP contribution in [0.2, 0.25) is 0 Å². The highest BCUT2D eigenvalue weighted by Crippen LogP contribution is 2.10. The van der Waals surface area contributed by atoms with E-state index < -0.39 is 0 Å². The van der Waals surface area contributed by atoms with Gasteiger partial charge in [0, 0.05) is 12.6 Å². The Morgan fingerprint density at radius 3 is 2.85 bits per heavy atom. The zero-order valence-electron chi connectivity index (χ0n) is 11.2. The van der Waals surface area contributed by atoms with E-state index in [2.05, 4.69) is 33.9 Å². The second-order valence-corrected chi connectivity index (χ2v) is 4.55. The van der Waals surface area contributed by atoms with E-state index in [1.54, 1.807) is 11.0 Å². The minimum absolute atomic E-state index is 0.688. The zero-order chi connectivity index (χ0) is 13.8. The van der Waals surface area contributed by atoms with Crippen LogP contribution in [0.25, 0.3) is 11.0 Å². The lowest BCUT2D eigenvalue weighted by Gasteiger charge is -1.92. The maximum Gasteiger partial charge on any atom is 0.113 e. The van der Waals surface area contributed by atoms with Crippen LogP contribution in [0.5, 0.6) is 0 Å². The Bertz CT molecular complexity index is 778. The molecule has 2 heterocycles. The molecule has 0 fully saturated rings. The summed E-state index contributed by atoms with van der Waals surface area (Å²) in [5, 5.41) is 8.86. The molecule has 0 aliphatic rings. The number of hydrogen-bond acceptors (Lipinski definition) is 3. The van der Waals surface area contributed by atoms with E-state index in [1.807, 2.05) is 36.4 Å². The second kappa shape index (κ2) is 5.54. The average Bonchev–Trinajstić information content (AvgIpc) is 2.86. The molecule has 1 aromatic carbocycles. The van der Waals surface area contributed by atoms with Crippen molar-refractivity contribution in [2.45, 2.75) is 19.9 Å². The van der Waals surface area contributed by atoms with Crippen LogP contribution < -0.4 is 0 Å². The summed E-state index contributed by atoms with van der Waals surface area (Å²) in [5.74, 6) is 6.12. The molecule has 0 saturated carbocycles. The van der Waals surface area contributed by atoms with Gasteiger partial charge in [-0.15, -0.1) is 0 Å². The minimum Gasteiger partial charge on any atom is -0.248 e. The number of pyridine rings is 1. The molecule has 20 heavy (non-hydrogen) atoms. The molecule has 4 heteroatoms. The number of fused-ring (bicyclic) bond motifs is 1. The molecule has 2 aromatic heterocycles. The predicted octanol–water partition coefficient (Wildman–Crippen LogP) is 2.58. The Kier molecular flexibility index (Phi) is 3.42. The first-order chi connectivity index (χ1) is 9.81. The lowest BCUT2D eigenvalue weighted by molar-refractivity contribution is 0.555. The molecule has 3 aromatic rings. The number of aromatic nitrogens is 4. The minimum atomic E-state index is 0.688. The standard InChI is InChI=1S/C16H14N4/c1-13-8-9-15-16(12-13)19-20(18-15)11-5-3-7-14-6-2-4-10-17-14/h2,4,6,8-10,12H,5,11H2,1H3. The van der Waals surface area contributed by atoms with Crippen LogP contribution in [0.4, 0.5) is 0 Å². The quantitative estimate of drug-likeness (QED) is 0.667. The number of hydrogen-bond donors (Lipinski definition) is 0. The highest BCUT2D eigenvalue weighted by molar-refractivity contribution is 5.74. The second-order valence-electron chi connectivity index (χ2n) is 4.55. The van der Waals surface area contributed by atoms with Crippen molar-refractivity contribution < 1.29 is 0 Å². The highest BCUT2D eigenvalue weighted by Gasteiger charge is 2.01. The lowest BCUT2D eigenvalue weighted by Crippen LogP contribution is -2.01. The van der Waals surface area contributed by atoms with E-state index in [9.17, 15) is 0 Å². The third kappa shape index (κ3) is 2.83. The molecule has 0 aliphatic heterocycles. The summed E-state index contributed by atoms with van der Waals surface area (Å²) in [7, 11) is 0. The first-order valence-corrected chi connectivity index (χ1v) is 6.53. The van der Waals surface area contributed by atoms with Gasteiger partial charge in [-0.1, -0.05) is 18.1 Å². The first-order valence-electron chi connectivity index (χ1n) is 6.53. The van der Waals surface area contributed by atoms with Crippen molar-refractivity contribution in [1.82, 2.24) is 20.0 Å². The molecule has 0 atom stereocenters. The summed E-state index contributed by atoms with van der Waals surface area (Å²) in [4.78, 5) is 5.86. The molecule has 0 bridgehead atoms. The number of nitrogens with zero attached hydrogens (tertiary/aromatic N) is 4. The molecule has 3 rings (SSSR count). The van der Waals surface area contributed by atoms with E-state index in [4.69, 9.17) is 0 Å². The van der Waals surface area contributed by atoms with Gasteiger partial charge in [-0.25, -0.2) is 4.98 Å². The molecular formula is C16H14N4. The highest BCUT2D eigenvalue weighted by atomic mass is 15.5. The van der Waals surface area contributed by atoms with E-state index in [0.717, 1.165) is 16.7 Å². The third-order valence-electron chi connectivity index (χ3n) is 2.90. The fourth-order valence-corrected chi connectivity index (χ4v) is 1.91. The summed E-state index contributed by atoms with van der Waals surface area (Å²) in [6, 6.07) is 11.8. The van der Waals surface area contributed by atoms with Gasteiger partial charge < -0.3 is 0 Å². The van der Waals surface area contributed by atoms with E-state index >= 15 is 0 Å². The van der Waals surface area contributed by atoms with Gasteiger partial charge >= 0.3 is 0 Å². The molecular weight excluding hydrogens is 248 g/mol. The fourth-order valence-electron chi connectivity index (χ4n) is 1.91. The number of aryl methyl sites for hydroxylation is 2. The molecule has 0 amide bonds. The Morgan fingerprint density at radius 2 is 2.00 bits per heavy atom. The van der Waals surface area contributed by atoms with Crippen LogP contribution in [-0.4, -0.2) is 20.0 Å². The van der Waals surface area contributed by atoms with Gasteiger partial charge in [-0.3, -0.25) is 0 Å². The van der Waals surface area contributed by atoms with Gasteiger partial charge in [0.1, 0.15) is 16.7 Å². The summed E-state index contributed by atoms with van der Waals surface area (Å²) in [6.07, 6.45) is 2.45. The molecule has 0 unspecified atom stereocenters. The van der Waals surface area contributed by atoms with Gasteiger partial charge in [0.2, 0.25) is 0 Å². The van der Waals surface area contributed by atoms with Crippen LogP contribution in [0.15, 0.2) is 42.6 Å². The van der Waals surface area contributed by atoms with Crippen molar-refractivity contribution in [3.8, 4) is 11.8 Å². The fraction of sp³-hybridized carbons (Fsp3) is 0.188. The number of rotatable bonds is 2. The summed E-state index contributed by atoms with van der Waals surface area (Å²) in [5.41, 5.74) is 3.84. The first kappa shape index (κ1) is 12.4. The summed E-state index contributed by atoms with van der Waals surface area (Å²) < 4.78 is 0. The molecule has 98 valence electrons. The zero-order valence-corrected chi connectivity index (χ0v) is 11.2. The van der Waals surface area contributed by atoms with Gasteiger partial charge in [0.25, 0.3) is 0 Å². The lowest BCUT2D eigenvalue weighted by atomic mass is 10.2. The van der Waals surface area contributed by atoms with Crippen LogP contribution in [0.3, 0.4) is 0 Å². The van der Waals surface area contributed by atoms with Gasteiger partial charge in [0.15, 0.2) is 0 Å². The molecule has 4 nitrogen and oxygen atoms in total. The molecule has 0 spiro atoms. The normalized spacial score (nSPS) is 10.2. The monoisotopic (exact) mass is 262 g/mol. The largest absolute Gasteiger partial charge is 0.248 e. The molecule has 0 aliphatic carbocycles. The van der Waals surface area contributed by atoms with E-state index in [1.165, 1.54) is 5.56 Å². The smallest absolute Gasteiger partial charge is 0.113 e.